The van der Waals surface area contributed by atoms with Gasteiger partial charge in [-0.1, -0.05) is 6.07 Å². The van der Waals surface area contributed by atoms with Gasteiger partial charge in [0.1, 0.15) is 0 Å². The predicted molar refractivity (Wildman–Crippen MR) is 63.2 cm³/mol. The molecule has 16 heavy (non-hydrogen) atoms. The van der Waals surface area contributed by atoms with Crippen molar-refractivity contribution in [2.45, 2.75) is 17.9 Å². The number of aliphatic hydroxyl groups excluding tert-OH is 1. The fourth-order valence-corrected chi connectivity index (χ4v) is 2.17. The molecule has 0 aliphatic heterocycles. The topological polar surface area (TPSA) is 66.4 Å². The number of likely N-dealkylation sites (N-methyl/N-ethyl adjacent to an activating group) is 1. The molecule has 0 saturated heterocycles. The van der Waals surface area contributed by atoms with Crippen molar-refractivity contribution in [3.63, 3.8) is 0 Å². The lowest BCUT2D eigenvalue weighted by molar-refractivity contribution is 0.177. The van der Waals surface area contributed by atoms with Crippen LogP contribution in [0.1, 0.15) is 17.2 Å². The summed E-state index contributed by atoms with van der Waals surface area (Å²) >= 11 is 0. The first-order valence-corrected chi connectivity index (χ1v) is 6.88. The lowest BCUT2D eigenvalue weighted by Crippen LogP contribution is -2.17. The molecule has 1 aromatic rings. The highest BCUT2D eigenvalue weighted by molar-refractivity contribution is 7.90. The molecule has 0 fully saturated rings. The minimum atomic E-state index is -3.22. The van der Waals surface area contributed by atoms with E-state index in [4.69, 9.17) is 0 Å². The van der Waals surface area contributed by atoms with E-state index < -0.39 is 15.9 Å². The Balaban J connectivity index is 3.19. The molecular formula is C11H17NO3S. The van der Waals surface area contributed by atoms with E-state index in [1.165, 1.54) is 6.07 Å². The van der Waals surface area contributed by atoms with Crippen molar-refractivity contribution < 1.29 is 13.5 Å². The Hall–Kier alpha value is -0.910. The van der Waals surface area contributed by atoms with Gasteiger partial charge in [0.15, 0.2) is 9.84 Å². The Morgan fingerprint density at radius 2 is 2.06 bits per heavy atom. The molecule has 0 bridgehead atoms. The van der Waals surface area contributed by atoms with Crippen molar-refractivity contribution in [2.24, 2.45) is 0 Å². The van der Waals surface area contributed by atoms with Gasteiger partial charge in [-0.05, 0) is 37.2 Å². The Labute approximate surface area is 96.2 Å². The number of aryl methyl sites for hydroxylation is 1. The van der Waals surface area contributed by atoms with Crippen molar-refractivity contribution in [2.75, 3.05) is 19.8 Å². The molecule has 0 heterocycles. The molecule has 2 N–H and O–H groups in total. The molecule has 1 rings (SSSR count). The number of nitrogens with one attached hydrogen (secondary N) is 1. The van der Waals surface area contributed by atoms with Crippen molar-refractivity contribution in [1.29, 1.82) is 0 Å². The van der Waals surface area contributed by atoms with Crippen molar-refractivity contribution in [3.8, 4) is 0 Å². The maximum absolute atomic E-state index is 11.4. The molecular weight excluding hydrogens is 226 g/mol. The van der Waals surface area contributed by atoms with Gasteiger partial charge in [-0.3, -0.25) is 0 Å². The van der Waals surface area contributed by atoms with Crippen LogP contribution in [-0.4, -0.2) is 33.4 Å². The van der Waals surface area contributed by atoms with E-state index in [1.54, 1.807) is 19.2 Å². The third kappa shape index (κ3) is 3.04. The monoisotopic (exact) mass is 243 g/mol. The van der Waals surface area contributed by atoms with Crippen LogP contribution in [0.4, 0.5) is 0 Å². The third-order valence-corrected chi connectivity index (χ3v) is 3.55. The Bertz CT molecular complexity index is 468. The van der Waals surface area contributed by atoms with E-state index in [1.807, 2.05) is 6.92 Å². The summed E-state index contributed by atoms with van der Waals surface area (Å²) in [5.41, 5.74) is 1.53. The van der Waals surface area contributed by atoms with Gasteiger partial charge in [-0.25, -0.2) is 8.42 Å². The summed E-state index contributed by atoms with van der Waals surface area (Å²) in [5.74, 6) is 0. The minimum absolute atomic E-state index is 0.239. The molecule has 90 valence electrons. The highest BCUT2D eigenvalue weighted by atomic mass is 32.2. The van der Waals surface area contributed by atoms with Crippen LogP contribution in [0.2, 0.25) is 0 Å². The first kappa shape index (κ1) is 13.2. The van der Waals surface area contributed by atoms with Gasteiger partial charge in [-0.15, -0.1) is 0 Å². The molecule has 4 nitrogen and oxygen atoms in total. The van der Waals surface area contributed by atoms with Crippen LogP contribution in [0, 0.1) is 6.92 Å². The summed E-state index contributed by atoms with van der Waals surface area (Å²) in [6.45, 7) is 2.24. The number of sulfone groups is 1. The number of rotatable bonds is 4. The van der Waals surface area contributed by atoms with Gasteiger partial charge in [0, 0.05) is 12.8 Å². The van der Waals surface area contributed by atoms with Crippen LogP contribution in [0.5, 0.6) is 0 Å². The number of aliphatic hydroxyl groups is 1. The van der Waals surface area contributed by atoms with E-state index >= 15 is 0 Å². The zero-order valence-corrected chi connectivity index (χ0v) is 10.5. The second-order valence-corrected chi connectivity index (χ2v) is 5.88. The normalized spacial score (nSPS) is 13.8. The smallest absolute Gasteiger partial charge is 0.175 e. The lowest BCUT2D eigenvalue weighted by atomic mass is 10.0. The molecule has 1 atom stereocenters. The predicted octanol–water partition coefficient (Wildman–Crippen LogP) is 0.651. The largest absolute Gasteiger partial charge is 0.387 e. The Morgan fingerprint density at radius 3 is 2.56 bits per heavy atom. The maximum Gasteiger partial charge on any atom is 0.175 e. The van der Waals surface area contributed by atoms with E-state index in [0.717, 1.165) is 11.8 Å². The SMILES string of the molecule is CNCC(O)c1cc(S(C)(=O)=O)ccc1C. The summed E-state index contributed by atoms with van der Waals surface area (Å²) in [5, 5.41) is 12.7. The average molecular weight is 243 g/mol. The number of hydrogen-bond acceptors (Lipinski definition) is 4. The van der Waals surface area contributed by atoms with Gasteiger partial charge in [0.05, 0.1) is 11.0 Å². The van der Waals surface area contributed by atoms with Gasteiger partial charge in [-0.2, -0.15) is 0 Å². The fourth-order valence-electron chi connectivity index (χ4n) is 1.51. The van der Waals surface area contributed by atoms with Gasteiger partial charge in [0.25, 0.3) is 0 Å². The van der Waals surface area contributed by atoms with Crippen LogP contribution >= 0.6 is 0 Å². The van der Waals surface area contributed by atoms with Crippen LogP contribution in [0.3, 0.4) is 0 Å². The Kier molecular flexibility index (Phi) is 4.07. The zero-order valence-electron chi connectivity index (χ0n) is 9.69. The highest BCUT2D eigenvalue weighted by Crippen LogP contribution is 2.21. The van der Waals surface area contributed by atoms with E-state index in [2.05, 4.69) is 5.32 Å². The molecule has 5 heteroatoms. The molecule has 0 aliphatic carbocycles. The summed E-state index contributed by atoms with van der Waals surface area (Å²) in [4.78, 5) is 0.239. The molecule has 0 radical (unpaired) electrons. The molecule has 0 aromatic heterocycles. The van der Waals surface area contributed by atoms with Crippen molar-refractivity contribution in [3.05, 3.63) is 29.3 Å². The van der Waals surface area contributed by atoms with Crippen molar-refractivity contribution in [1.82, 2.24) is 5.32 Å². The van der Waals surface area contributed by atoms with E-state index in [-0.39, 0.29) is 4.90 Å². The molecule has 1 unspecified atom stereocenters. The van der Waals surface area contributed by atoms with Gasteiger partial charge < -0.3 is 10.4 Å². The third-order valence-electron chi connectivity index (χ3n) is 2.44. The molecule has 0 saturated carbocycles. The standard InChI is InChI=1S/C11H17NO3S/c1-8-4-5-9(16(3,14)15)6-10(8)11(13)7-12-2/h4-6,11-13H,7H2,1-3H3. The van der Waals surface area contributed by atoms with Gasteiger partial charge in [0.2, 0.25) is 0 Å². The van der Waals surface area contributed by atoms with E-state index in [9.17, 15) is 13.5 Å². The van der Waals surface area contributed by atoms with Crippen LogP contribution in [-0.2, 0) is 9.84 Å². The summed E-state index contributed by atoms with van der Waals surface area (Å²) in [7, 11) is -1.49. The first-order chi connectivity index (χ1) is 7.36. The van der Waals surface area contributed by atoms with Crippen LogP contribution in [0.25, 0.3) is 0 Å². The van der Waals surface area contributed by atoms with Crippen LogP contribution < -0.4 is 5.32 Å². The fraction of sp³-hybridized carbons (Fsp3) is 0.455. The number of benzene rings is 1. The van der Waals surface area contributed by atoms with E-state index in [0.29, 0.717) is 12.1 Å². The molecule has 0 spiro atoms. The average Bonchev–Trinajstić information content (AvgIpc) is 2.16. The Morgan fingerprint density at radius 1 is 1.44 bits per heavy atom. The summed E-state index contributed by atoms with van der Waals surface area (Å²) < 4.78 is 22.8. The number of hydrogen-bond donors (Lipinski definition) is 2. The zero-order chi connectivity index (χ0) is 12.3. The maximum atomic E-state index is 11.4. The summed E-state index contributed by atoms with van der Waals surface area (Å²) in [6.07, 6.45) is 0.470. The van der Waals surface area contributed by atoms with Crippen molar-refractivity contribution >= 4 is 9.84 Å². The lowest BCUT2D eigenvalue weighted by Gasteiger charge is -2.14. The highest BCUT2D eigenvalue weighted by Gasteiger charge is 2.14. The first-order valence-electron chi connectivity index (χ1n) is 4.99. The second kappa shape index (κ2) is 4.95. The van der Waals surface area contributed by atoms with Gasteiger partial charge >= 0.3 is 0 Å². The minimum Gasteiger partial charge on any atom is -0.387 e. The molecule has 0 amide bonds. The van der Waals surface area contributed by atoms with Crippen LogP contribution in [0.15, 0.2) is 23.1 Å². The second-order valence-electron chi connectivity index (χ2n) is 3.86. The molecule has 0 aliphatic rings. The summed E-state index contributed by atoms with van der Waals surface area (Å²) in [6, 6.07) is 4.80. The quantitative estimate of drug-likeness (QED) is 0.815. The molecule has 1 aromatic carbocycles.